The highest BCUT2D eigenvalue weighted by molar-refractivity contribution is 7.10. The molecule has 0 fully saturated rings. The van der Waals surface area contributed by atoms with Gasteiger partial charge in [0, 0.05) is 42.6 Å². The topological polar surface area (TPSA) is 138 Å². The van der Waals surface area contributed by atoms with Crippen molar-refractivity contribution in [3.05, 3.63) is 105 Å². The van der Waals surface area contributed by atoms with Gasteiger partial charge in [-0.3, -0.25) is 9.69 Å². The van der Waals surface area contributed by atoms with Gasteiger partial charge in [-0.25, -0.2) is 28.4 Å². The first-order chi connectivity index (χ1) is 24.4. The van der Waals surface area contributed by atoms with Gasteiger partial charge in [0.25, 0.3) is 6.34 Å². The lowest BCUT2D eigenvalue weighted by Crippen LogP contribution is -3.13. The number of amides is 1. The molecule has 264 valence electrons. The number of aliphatic hydroxyl groups is 1. The third-order valence-corrected chi connectivity index (χ3v) is 9.30. The second-order valence-electron chi connectivity index (χ2n) is 11.7. The van der Waals surface area contributed by atoms with E-state index in [1.165, 1.54) is 40.5 Å². The predicted octanol–water partition coefficient (Wildman–Crippen LogP) is 3.79. The van der Waals surface area contributed by atoms with Gasteiger partial charge >= 0.3 is 18.4 Å². The molecule has 51 heavy (non-hydrogen) atoms. The van der Waals surface area contributed by atoms with E-state index in [4.69, 9.17) is 21.0 Å². The minimum absolute atomic E-state index is 0.0264. The Kier molecular flexibility index (Phi) is 11.6. The molecule has 2 unspecified atom stereocenters. The Balaban J connectivity index is 1.33. The lowest BCUT2D eigenvalue weighted by molar-refractivity contribution is -0.762. The molecule has 3 N–H and O–H groups in total. The molecule has 0 radical (unpaired) electrons. The molecule has 1 amide bonds. The average molecular weight is 719 g/mol. The fraction of sp³-hybridized carbons (Fsp3) is 0.286. The Bertz CT molecular complexity index is 2000. The molecule has 1 aliphatic heterocycles. The minimum Gasteiger partial charge on any atom is -0.460 e. The fourth-order valence-corrected chi connectivity index (χ4v) is 6.29. The zero-order valence-corrected chi connectivity index (χ0v) is 29.0. The van der Waals surface area contributed by atoms with Crippen molar-refractivity contribution in [3.8, 4) is 11.3 Å². The maximum absolute atomic E-state index is 15.3. The maximum Gasteiger partial charge on any atom is 0.419 e. The number of likely N-dealkylation sites (N-methyl/N-ethyl adjacent to an activating group) is 1. The van der Waals surface area contributed by atoms with Crippen LogP contribution in [0.4, 0.5) is 25.1 Å². The van der Waals surface area contributed by atoms with E-state index in [1.54, 1.807) is 69.0 Å². The number of benzene rings is 2. The Morgan fingerprint density at radius 1 is 1.20 bits per heavy atom. The summed E-state index contributed by atoms with van der Waals surface area (Å²) in [6.45, 7) is 10.1. The van der Waals surface area contributed by atoms with Gasteiger partial charge in [0.2, 0.25) is 12.8 Å². The number of nitrogens with one attached hydrogen (secondary N) is 2. The molecule has 2 aromatic heterocycles. The molecular formula is C35H36F2N8O5S+2. The van der Waals surface area contributed by atoms with E-state index in [0.29, 0.717) is 26.9 Å². The molecule has 0 saturated carbocycles. The number of nitrogens with zero attached hydrogens (tertiary/aromatic N) is 6. The maximum atomic E-state index is 15.3. The number of halogens is 2. The summed E-state index contributed by atoms with van der Waals surface area (Å²) in [5.74, 6) is -2.60. The van der Waals surface area contributed by atoms with Crippen LogP contribution in [-0.2, 0) is 26.5 Å². The molecule has 13 nitrogen and oxygen atoms in total. The van der Waals surface area contributed by atoms with Crippen LogP contribution < -0.4 is 15.1 Å². The first-order valence-corrected chi connectivity index (χ1v) is 16.6. The number of carbonyl (C=O) groups is 2. The number of hydrogen-bond donors (Lipinski definition) is 3. The van der Waals surface area contributed by atoms with E-state index in [0.717, 1.165) is 23.8 Å². The number of esters is 1. The number of pyridine rings is 1. The van der Waals surface area contributed by atoms with Gasteiger partial charge in [0.05, 0.1) is 28.9 Å². The van der Waals surface area contributed by atoms with Crippen molar-refractivity contribution in [1.82, 2.24) is 15.3 Å². The van der Waals surface area contributed by atoms with Crippen molar-refractivity contribution in [2.24, 2.45) is 5.10 Å². The van der Waals surface area contributed by atoms with Gasteiger partial charge in [-0.1, -0.05) is 37.3 Å². The predicted molar refractivity (Wildman–Crippen MR) is 185 cm³/mol. The first-order valence-electron chi connectivity index (χ1n) is 15.8. The minimum atomic E-state index is -2.02. The van der Waals surface area contributed by atoms with Crippen LogP contribution in [0.5, 0.6) is 0 Å². The van der Waals surface area contributed by atoms with Gasteiger partial charge in [-0.15, -0.1) is 11.3 Å². The van der Waals surface area contributed by atoms with Crippen molar-refractivity contribution in [2.45, 2.75) is 38.2 Å². The van der Waals surface area contributed by atoms with E-state index < -0.39 is 41.4 Å². The summed E-state index contributed by atoms with van der Waals surface area (Å²) in [7, 11) is 3.09. The standard InChI is InChI=1S/C35H35F2N8O5S/c1-22(33-42-30(18-51-33)24-8-11-27(39-4)12-9-24)35(48,28-15-26(36)10-13-29(28)37)19-45-21-44(20-41-45)23(2)50-34(47)43(5)32-25(7-6-14-40-32)17-49-31(46)16-38-3/h6-15,18,20-23,38,48H,16-17,19H2,1-3,5H3/q+1/p+1/t22-,23?,35+/m0/s1. The van der Waals surface area contributed by atoms with Crippen LogP contribution in [0.2, 0.25) is 0 Å². The Labute approximate surface area is 296 Å². The van der Waals surface area contributed by atoms with Crippen LogP contribution in [0.25, 0.3) is 16.1 Å². The van der Waals surface area contributed by atoms with Crippen molar-refractivity contribution >= 4 is 47.6 Å². The summed E-state index contributed by atoms with van der Waals surface area (Å²) in [6, 6.07) is 13.1. The Morgan fingerprint density at radius 2 is 1.96 bits per heavy atom. The van der Waals surface area contributed by atoms with Crippen LogP contribution >= 0.6 is 11.3 Å². The lowest BCUT2D eigenvalue weighted by Gasteiger charge is -2.30. The molecular weight excluding hydrogens is 682 g/mol. The molecule has 4 aromatic rings. The van der Waals surface area contributed by atoms with E-state index >= 15 is 4.39 Å². The molecule has 0 spiro atoms. The number of β-amino-alcohol motifs (C(OH)–C–C–N with tert-alkyl or cyclic N) is 1. The molecule has 0 saturated heterocycles. The summed E-state index contributed by atoms with van der Waals surface area (Å²) in [5, 5.41) is 21.6. The van der Waals surface area contributed by atoms with E-state index in [-0.39, 0.29) is 31.1 Å². The number of ether oxygens (including phenoxy) is 2. The summed E-state index contributed by atoms with van der Waals surface area (Å²) >= 11 is 1.26. The van der Waals surface area contributed by atoms with Crippen LogP contribution in [0.3, 0.4) is 0 Å². The Hall–Kier alpha value is -5.47. The molecule has 1 aliphatic rings. The molecule has 0 bridgehead atoms. The number of carbonyl (C=O) groups excluding carboxylic acids is 2. The molecule has 4 atom stereocenters. The molecule has 0 aliphatic carbocycles. The van der Waals surface area contributed by atoms with Gasteiger partial charge < -0.3 is 19.9 Å². The van der Waals surface area contributed by atoms with E-state index in [9.17, 15) is 19.1 Å². The number of aromatic nitrogens is 2. The van der Waals surface area contributed by atoms with Crippen LogP contribution in [0.1, 0.15) is 35.9 Å². The summed E-state index contributed by atoms with van der Waals surface area (Å²) in [5.41, 5.74) is 0.0471. The normalized spacial score (nSPS) is 16.0. The number of rotatable bonds is 13. The quantitative estimate of drug-likeness (QED) is 0.108. The van der Waals surface area contributed by atoms with Crippen molar-refractivity contribution < 1.29 is 42.5 Å². The van der Waals surface area contributed by atoms with Crippen molar-refractivity contribution in [3.63, 3.8) is 0 Å². The third kappa shape index (κ3) is 8.47. The Morgan fingerprint density at radius 3 is 2.69 bits per heavy atom. The molecule has 2 aromatic carbocycles. The lowest BCUT2D eigenvalue weighted by atomic mass is 9.82. The second kappa shape index (κ2) is 16.0. The van der Waals surface area contributed by atoms with Gasteiger partial charge in [0.1, 0.15) is 24.1 Å². The van der Waals surface area contributed by atoms with Crippen LogP contribution in [0.15, 0.2) is 71.3 Å². The monoisotopic (exact) mass is 718 g/mol. The number of anilines is 1. The number of thiazole rings is 1. The third-order valence-electron chi connectivity index (χ3n) is 8.27. The largest absolute Gasteiger partial charge is 0.460 e. The average Bonchev–Trinajstić information content (AvgIpc) is 3.82. The fourth-order valence-electron chi connectivity index (χ4n) is 5.32. The highest BCUT2D eigenvalue weighted by Crippen LogP contribution is 2.41. The summed E-state index contributed by atoms with van der Waals surface area (Å²) < 4.78 is 42.2. The van der Waals surface area contributed by atoms with Gasteiger partial charge in [-0.05, 0) is 41.6 Å². The number of hydrazone groups is 1. The SMILES string of the molecule is [C-]#[N+]c1ccc(-c2csc([C@H](C)[C@](O)(C[N+]3=C[NH+](C(C)OC(=O)N(C)c4ncccc4COC(=O)CNC)C=N3)c3cc(F)ccc3F)n2)cc1. The number of hydrogen-bond acceptors (Lipinski definition) is 10. The van der Waals surface area contributed by atoms with Crippen molar-refractivity contribution in [2.75, 3.05) is 32.1 Å². The second-order valence-corrected chi connectivity index (χ2v) is 12.6. The smallest absolute Gasteiger partial charge is 0.419 e. The molecule has 16 heteroatoms. The first kappa shape index (κ1) is 36.8. The zero-order valence-electron chi connectivity index (χ0n) is 28.2. The zero-order chi connectivity index (χ0) is 36.7. The van der Waals surface area contributed by atoms with Crippen molar-refractivity contribution in [1.29, 1.82) is 0 Å². The van der Waals surface area contributed by atoms with Crippen LogP contribution in [-0.4, -0.2) is 77.9 Å². The van der Waals surface area contributed by atoms with E-state index in [2.05, 4.69) is 20.2 Å². The van der Waals surface area contributed by atoms with Gasteiger partial charge in [0.15, 0.2) is 11.3 Å². The molecule has 3 heterocycles. The summed E-state index contributed by atoms with van der Waals surface area (Å²) in [4.78, 5) is 39.0. The number of quaternary nitrogens is 1. The summed E-state index contributed by atoms with van der Waals surface area (Å²) in [6.07, 6.45) is 2.93. The van der Waals surface area contributed by atoms with E-state index in [1.807, 2.05) is 0 Å². The van der Waals surface area contributed by atoms with Gasteiger partial charge in [-0.2, -0.15) is 4.90 Å². The molecule has 5 rings (SSSR count). The van der Waals surface area contributed by atoms with Crippen LogP contribution in [0, 0.1) is 18.2 Å². The highest BCUT2D eigenvalue weighted by Gasteiger charge is 2.47. The highest BCUT2D eigenvalue weighted by atomic mass is 32.1.